The summed E-state index contributed by atoms with van der Waals surface area (Å²) >= 11 is 0. The fourth-order valence-corrected chi connectivity index (χ4v) is 16.2. The molecule has 0 amide bonds. The summed E-state index contributed by atoms with van der Waals surface area (Å²) in [5, 5.41) is 0. The van der Waals surface area contributed by atoms with Gasteiger partial charge in [-0.3, -0.25) is 0 Å². The summed E-state index contributed by atoms with van der Waals surface area (Å²) in [6, 6.07) is 16.1. The van der Waals surface area contributed by atoms with Gasteiger partial charge in [0.05, 0.1) is 0 Å². The first-order chi connectivity index (χ1) is 18.3. The van der Waals surface area contributed by atoms with Crippen molar-refractivity contribution >= 4 is 64.8 Å². The molecule has 3 aromatic carbocycles. The standard InChI is InChI=1S/C32H30S6/c1-29-23-5-17-11-33-35-13-19(17)7-25(23)30(2)27-9-21-15-37-38-16-22(21)10-28(27)31(3,32(29,30)4)26-8-20-14-36-34-12-18(20)6-24(26)29/h5-10H,11-16H2,1-4H3. The first-order valence-corrected chi connectivity index (χ1v) is 21.0. The van der Waals surface area contributed by atoms with Crippen LogP contribution >= 0.6 is 64.8 Å². The van der Waals surface area contributed by atoms with Gasteiger partial charge < -0.3 is 0 Å². The minimum absolute atomic E-state index is 0.0151. The van der Waals surface area contributed by atoms with Gasteiger partial charge in [-0.25, -0.2) is 0 Å². The van der Waals surface area contributed by atoms with E-state index in [2.05, 4.69) is 64.1 Å². The molecule has 0 fully saturated rings. The maximum atomic E-state index is 2.69. The molecule has 38 heavy (non-hydrogen) atoms. The van der Waals surface area contributed by atoms with Crippen molar-refractivity contribution in [1.82, 2.24) is 0 Å². The van der Waals surface area contributed by atoms with Crippen molar-refractivity contribution in [2.45, 2.75) is 78.5 Å². The lowest BCUT2D eigenvalue weighted by molar-refractivity contribution is 0.0997. The molecule has 0 saturated heterocycles. The van der Waals surface area contributed by atoms with Crippen molar-refractivity contribution < 1.29 is 0 Å². The van der Waals surface area contributed by atoms with Gasteiger partial charge in [0.25, 0.3) is 0 Å². The van der Waals surface area contributed by atoms with Gasteiger partial charge in [-0.2, -0.15) is 0 Å². The molecule has 6 heteroatoms. The first-order valence-electron chi connectivity index (χ1n) is 13.6. The van der Waals surface area contributed by atoms with Crippen molar-refractivity contribution in [1.29, 1.82) is 0 Å². The Kier molecular flexibility index (Phi) is 4.99. The lowest BCUT2D eigenvalue weighted by Crippen LogP contribution is -2.51. The largest absolute Gasteiger partial charge is 0.0890 e. The second-order valence-electron chi connectivity index (χ2n) is 12.6. The van der Waals surface area contributed by atoms with Crippen LogP contribution in [0.1, 0.15) is 94.5 Å². The highest BCUT2D eigenvalue weighted by molar-refractivity contribution is 8.76. The molecule has 0 N–H and O–H groups in total. The third-order valence-corrected chi connectivity index (χ3v) is 18.5. The molecule has 3 aromatic rings. The van der Waals surface area contributed by atoms with Crippen LogP contribution in [0, 0.1) is 5.41 Å². The van der Waals surface area contributed by atoms with Gasteiger partial charge in [0.2, 0.25) is 0 Å². The summed E-state index contributed by atoms with van der Waals surface area (Å²) in [4.78, 5) is 0. The Morgan fingerprint density at radius 1 is 0.368 bits per heavy atom. The number of hydrogen-bond donors (Lipinski definition) is 0. The van der Waals surface area contributed by atoms with Crippen molar-refractivity contribution in [3.63, 3.8) is 0 Å². The van der Waals surface area contributed by atoms with Crippen molar-refractivity contribution in [3.05, 3.63) is 103 Å². The lowest BCUT2D eigenvalue weighted by Gasteiger charge is -2.49. The van der Waals surface area contributed by atoms with Gasteiger partial charge in [0.1, 0.15) is 0 Å². The number of rotatable bonds is 0. The second-order valence-corrected chi connectivity index (χ2v) is 20.0. The van der Waals surface area contributed by atoms with Crippen LogP contribution in [0.25, 0.3) is 0 Å². The van der Waals surface area contributed by atoms with E-state index in [4.69, 9.17) is 0 Å². The van der Waals surface area contributed by atoms with Gasteiger partial charge in [0.15, 0.2) is 0 Å². The Labute approximate surface area is 250 Å². The van der Waals surface area contributed by atoms with E-state index in [1.165, 1.54) is 0 Å². The monoisotopic (exact) mass is 606 g/mol. The molecule has 0 saturated carbocycles. The molecule has 6 aliphatic rings. The third kappa shape index (κ3) is 2.49. The smallest absolute Gasteiger partial charge is 0.0292 e. The Morgan fingerprint density at radius 3 is 0.737 bits per heavy atom. The second kappa shape index (κ2) is 7.77. The van der Waals surface area contributed by atoms with Crippen molar-refractivity contribution in [2.24, 2.45) is 5.41 Å². The summed E-state index contributed by atoms with van der Waals surface area (Å²) in [6.07, 6.45) is 0. The SMILES string of the molecule is CC12c3cc4c(cc3C3(C)c5cc6c(cc5C(C)(c5cc7c(cc51)CSSC7)C23C)CSSC6)CSSC4. The summed E-state index contributed by atoms with van der Waals surface area (Å²) in [5.74, 6) is 6.82. The van der Waals surface area contributed by atoms with Gasteiger partial charge in [0, 0.05) is 56.2 Å². The van der Waals surface area contributed by atoms with E-state index in [1.54, 1.807) is 66.8 Å². The van der Waals surface area contributed by atoms with Crippen LogP contribution in [0.15, 0.2) is 36.4 Å². The van der Waals surface area contributed by atoms with E-state index >= 15 is 0 Å². The summed E-state index contributed by atoms with van der Waals surface area (Å²) in [6.45, 7) is 10.6. The van der Waals surface area contributed by atoms with E-state index in [-0.39, 0.29) is 21.7 Å². The summed E-state index contributed by atoms with van der Waals surface area (Å²) < 4.78 is 0. The highest BCUT2D eigenvalue weighted by atomic mass is 33.1. The van der Waals surface area contributed by atoms with Gasteiger partial charge in [-0.05, 0) is 66.8 Å². The van der Waals surface area contributed by atoms with Crippen LogP contribution < -0.4 is 0 Å². The highest BCUT2D eigenvalue weighted by Crippen LogP contribution is 2.82. The molecule has 194 valence electrons. The molecule has 0 atom stereocenters. The number of hydrogen-bond acceptors (Lipinski definition) is 6. The van der Waals surface area contributed by atoms with Gasteiger partial charge in [-0.15, -0.1) is 0 Å². The van der Waals surface area contributed by atoms with E-state index in [0.29, 0.717) is 0 Å². The number of fused-ring (bicyclic) bond motifs is 12. The van der Waals surface area contributed by atoms with Crippen LogP contribution in [0.5, 0.6) is 0 Å². The van der Waals surface area contributed by atoms with Crippen molar-refractivity contribution in [3.8, 4) is 0 Å². The van der Waals surface area contributed by atoms with E-state index < -0.39 is 0 Å². The van der Waals surface area contributed by atoms with E-state index in [0.717, 1.165) is 34.5 Å². The van der Waals surface area contributed by atoms with Gasteiger partial charge in [-0.1, -0.05) is 129 Å². The maximum Gasteiger partial charge on any atom is 0.0292 e. The fourth-order valence-electron chi connectivity index (χ4n) is 9.54. The Morgan fingerprint density at radius 2 is 0.553 bits per heavy atom. The summed E-state index contributed by atoms with van der Waals surface area (Å²) in [5.41, 5.74) is 19.3. The molecule has 0 bridgehead atoms. The predicted octanol–water partition coefficient (Wildman–Crippen LogP) is 10.1. The molecular formula is C32H30S6. The zero-order valence-corrected chi connectivity index (χ0v) is 27.1. The fraction of sp³-hybridized carbons (Fsp3) is 0.438. The Bertz CT molecular complexity index is 1320. The molecule has 0 spiro atoms. The lowest BCUT2D eigenvalue weighted by atomic mass is 9.52. The van der Waals surface area contributed by atoms with Crippen LogP contribution in [-0.2, 0) is 50.8 Å². The third-order valence-electron chi connectivity index (χ3n) is 11.8. The van der Waals surface area contributed by atoms with Crippen LogP contribution in [0.2, 0.25) is 0 Å². The molecule has 3 aliphatic heterocycles. The zero-order chi connectivity index (χ0) is 25.7. The van der Waals surface area contributed by atoms with Crippen LogP contribution in [-0.4, -0.2) is 0 Å². The summed E-state index contributed by atoms with van der Waals surface area (Å²) in [7, 11) is 12.2. The van der Waals surface area contributed by atoms with E-state index in [9.17, 15) is 0 Å². The predicted molar refractivity (Wildman–Crippen MR) is 175 cm³/mol. The maximum absolute atomic E-state index is 2.69. The molecule has 0 radical (unpaired) electrons. The van der Waals surface area contributed by atoms with Crippen LogP contribution in [0.4, 0.5) is 0 Å². The van der Waals surface area contributed by atoms with Crippen molar-refractivity contribution in [2.75, 3.05) is 0 Å². The minimum atomic E-state index is -0.0151. The first kappa shape index (κ1) is 24.4. The van der Waals surface area contributed by atoms with Gasteiger partial charge >= 0.3 is 0 Å². The molecule has 0 unspecified atom stereocenters. The van der Waals surface area contributed by atoms with Crippen LogP contribution in [0.3, 0.4) is 0 Å². The minimum Gasteiger partial charge on any atom is -0.0890 e. The molecule has 0 nitrogen and oxygen atoms in total. The Hall–Kier alpha value is -0.240. The molecule has 3 heterocycles. The quantitative estimate of drug-likeness (QED) is 0.232. The Balaban J connectivity index is 1.46. The molecule has 0 aromatic heterocycles. The normalized spacial score (nSPS) is 35.1. The number of benzene rings is 3. The average molecular weight is 607 g/mol. The van der Waals surface area contributed by atoms with E-state index in [1.807, 2.05) is 64.8 Å². The average Bonchev–Trinajstić information content (AvgIpc) is 3.29. The highest BCUT2D eigenvalue weighted by Gasteiger charge is 2.80. The molecular weight excluding hydrogens is 577 g/mol. The molecule has 3 aliphatic carbocycles. The topological polar surface area (TPSA) is 0 Å². The zero-order valence-electron chi connectivity index (χ0n) is 22.2. The molecule has 9 rings (SSSR count).